The van der Waals surface area contributed by atoms with E-state index in [1.54, 1.807) is 13.0 Å². The second kappa shape index (κ2) is 5.09. The molecule has 0 aliphatic heterocycles. The van der Waals surface area contributed by atoms with Crippen molar-refractivity contribution in [2.45, 2.75) is 51.6 Å². The fourth-order valence-corrected chi connectivity index (χ4v) is 2.47. The van der Waals surface area contributed by atoms with Gasteiger partial charge in [-0.2, -0.15) is 0 Å². The van der Waals surface area contributed by atoms with Gasteiger partial charge in [0.25, 0.3) is 0 Å². The number of benzene rings is 1. The van der Waals surface area contributed by atoms with Crippen LogP contribution in [0.5, 0.6) is 0 Å². The molecule has 18 heavy (non-hydrogen) atoms. The molecule has 1 aliphatic rings. The molecule has 2 nitrogen and oxygen atoms in total. The zero-order valence-electron chi connectivity index (χ0n) is 11.0. The van der Waals surface area contributed by atoms with Crippen LogP contribution in [-0.2, 0) is 4.74 Å². The fraction of sp³-hybridized carbons (Fsp3) is 0.533. The Morgan fingerprint density at radius 2 is 1.94 bits per heavy atom. The summed E-state index contributed by atoms with van der Waals surface area (Å²) in [6, 6.07) is 4.59. The second-order valence-corrected chi connectivity index (χ2v) is 5.38. The molecular weight excluding hydrogens is 231 g/mol. The molecule has 1 aromatic carbocycles. The maximum Gasteiger partial charge on any atom is 0.341 e. The Bertz CT molecular complexity index is 448. The van der Waals surface area contributed by atoms with Gasteiger partial charge in [0.2, 0.25) is 0 Å². The highest BCUT2D eigenvalue weighted by molar-refractivity contribution is 5.90. The minimum absolute atomic E-state index is 0.0346. The van der Waals surface area contributed by atoms with Crippen molar-refractivity contribution in [3.8, 4) is 0 Å². The zero-order valence-corrected chi connectivity index (χ0v) is 11.0. The Hall–Kier alpha value is -1.38. The standard InChI is InChI=1S/C15H19FO2/c1-11-6-7-12(13(16)10-11)14(17)18-15(2)8-4-3-5-9-15/h6-7,10H,3-5,8-9H2,1-2H3. The van der Waals surface area contributed by atoms with Crippen LogP contribution in [0.25, 0.3) is 0 Å². The largest absolute Gasteiger partial charge is 0.456 e. The summed E-state index contributed by atoms with van der Waals surface area (Å²) in [5.74, 6) is -1.05. The van der Waals surface area contributed by atoms with Gasteiger partial charge in [0, 0.05) is 0 Å². The van der Waals surface area contributed by atoms with Crippen molar-refractivity contribution in [1.29, 1.82) is 0 Å². The zero-order chi connectivity index (χ0) is 13.2. The summed E-state index contributed by atoms with van der Waals surface area (Å²) in [6.07, 6.45) is 5.06. The Morgan fingerprint density at radius 1 is 1.28 bits per heavy atom. The molecule has 1 aliphatic carbocycles. The third kappa shape index (κ3) is 2.89. The maximum atomic E-state index is 13.7. The van der Waals surface area contributed by atoms with Crippen LogP contribution >= 0.6 is 0 Å². The Balaban J connectivity index is 2.11. The smallest absolute Gasteiger partial charge is 0.341 e. The van der Waals surface area contributed by atoms with Gasteiger partial charge >= 0.3 is 5.97 Å². The normalized spacial score (nSPS) is 18.4. The van der Waals surface area contributed by atoms with E-state index in [1.807, 2.05) is 6.92 Å². The molecule has 3 heteroatoms. The number of carbonyl (C=O) groups is 1. The molecule has 98 valence electrons. The van der Waals surface area contributed by atoms with E-state index >= 15 is 0 Å². The first kappa shape index (κ1) is 13.1. The molecule has 2 rings (SSSR count). The highest BCUT2D eigenvalue weighted by Gasteiger charge is 2.31. The van der Waals surface area contributed by atoms with Gasteiger partial charge in [0.1, 0.15) is 11.4 Å². The van der Waals surface area contributed by atoms with Crippen LogP contribution in [0.15, 0.2) is 18.2 Å². The first-order valence-corrected chi connectivity index (χ1v) is 6.50. The van der Waals surface area contributed by atoms with Gasteiger partial charge < -0.3 is 4.74 Å². The van der Waals surface area contributed by atoms with Gasteiger partial charge in [-0.1, -0.05) is 12.5 Å². The van der Waals surface area contributed by atoms with Crippen molar-refractivity contribution < 1.29 is 13.9 Å². The van der Waals surface area contributed by atoms with E-state index in [9.17, 15) is 9.18 Å². The topological polar surface area (TPSA) is 26.3 Å². The summed E-state index contributed by atoms with van der Waals surface area (Å²) in [5, 5.41) is 0. The number of halogens is 1. The second-order valence-electron chi connectivity index (χ2n) is 5.38. The lowest BCUT2D eigenvalue weighted by atomic mass is 9.86. The number of ether oxygens (including phenoxy) is 1. The highest BCUT2D eigenvalue weighted by Crippen LogP contribution is 2.32. The summed E-state index contributed by atoms with van der Waals surface area (Å²) >= 11 is 0. The van der Waals surface area contributed by atoms with Gasteiger partial charge in [0.05, 0.1) is 5.56 Å². The maximum absolute atomic E-state index is 13.7. The summed E-state index contributed by atoms with van der Waals surface area (Å²) in [5.41, 5.74) is 0.410. The van der Waals surface area contributed by atoms with Gasteiger partial charge in [-0.25, -0.2) is 9.18 Å². The van der Waals surface area contributed by atoms with Crippen molar-refractivity contribution in [2.24, 2.45) is 0 Å². The Morgan fingerprint density at radius 3 is 2.56 bits per heavy atom. The Labute approximate surface area is 107 Å². The lowest BCUT2D eigenvalue weighted by Crippen LogP contribution is -2.34. The minimum Gasteiger partial charge on any atom is -0.456 e. The van der Waals surface area contributed by atoms with E-state index in [0.29, 0.717) is 0 Å². The third-order valence-electron chi connectivity index (χ3n) is 3.59. The number of aryl methyl sites for hydroxylation is 1. The van der Waals surface area contributed by atoms with Crippen LogP contribution in [0.2, 0.25) is 0 Å². The van der Waals surface area contributed by atoms with Crippen molar-refractivity contribution in [3.05, 3.63) is 35.1 Å². The van der Waals surface area contributed by atoms with Crippen LogP contribution in [0.4, 0.5) is 4.39 Å². The van der Waals surface area contributed by atoms with E-state index in [1.165, 1.54) is 18.6 Å². The quantitative estimate of drug-likeness (QED) is 0.741. The van der Waals surface area contributed by atoms with Crippen molar-refractivity contribution in [3.63, 3.8) is 0 Å². The number of esters is 1. The van der Waals surface area contributed by atoms with Crippen LogP contribution in [0.1, 0.15) is 54.9 Å². The number of carbonyl (C=O) groups excluding carboxylic acids is 1. The van der Waals surface area contributed by atoms with Crippen LogP contribution in [0.3, 0.4) is 0 Å². The minimum atomic E-state index is -0.545. The average Bonchev–Trinajstić information content (AvgIpc) is 2.28. The molecule has 1 fully saturated rings. The molecule has 0 spiro atoms. The van der Waals surface area contributed by atoms with E-state index in [4.69, 9.17) is 4.74 Å². The summed E-state index contributed by atoms with van der Waals surface area (Å²) in [6.45, 7) is 3.73. The molecule has 0 unspecified atom stereocenters. The molecule has 0 aromatic heterocycles. The third-order valence-corrected chi connectivity index (χ3v) is 3.59. The van der Waals surface area contributed by atoms with E-state index in [2.05, 4.69) is 0 Å². The van der Waals surface area contributed by atoms with Crippen molar-refractivity contribution >= 4 is 5.97 Å². The SMILES string of the molecule is Cc1ccc(C(=O)OC2(C)CCCCC2)c(F)c1. The Kier molecular flexibility index (Phi) is 3.69. The number of rotatable bonds is 2. The summed E-state index contributed by atoms with van der Waals surface area (Å²) in [4.78, 5) is 12.0. The first-order chi connectivity index (χ1) is 8.50. The predicted molar refractivity (Wildman–Crippen MR) is 68.0 cm³/mol. The fourth-order valence-electron chi connectivity index (χ4n) is 2.47. The van der Waals surface area contributed by atoms with E-state index < -0.39 is 17.4 Å². The van der Waals surface area contributed by atoms with Gasteiger partial charge in [0.15, 0.2) is 0 Å². The molecule has 0 radical (unpaired) electrons. The first-order valence-electron chi connectivity index (χ1n) is 6.50. The molecule has 0 saturated heterocycles. The molecule has 0 N–H and O–H groups in total. The molecular formula is C15H19FO2. The molecule has 0 amide bonds. The number of hydrogen-bond donors (Lipinski definition) is 0. The number of hydrogen-bond acceptors (Lipinski definition) is 2. The molecule has 1 saturated carbocycles. The van der Waals surface area contributed by atoms with Gasteiger partial charge in [-0.15, -0.1) is 0 Å². The molecule has 0 atom stereocenters. The van der Waals surface area contributed by atoms with Crippen LogP contribution < -0.4 is 0 Å². The van der Waals surface area contributed by atoms with Crippen molar-refractivity contribution in [1.82, 2.24) is 0 Å². The summed E-state index contributed by atoms with van der Waals surface area (Å²) in [7, 11) is 0. The van der Waals surface area contributed by atoms with Crippen LogP contribution in [0, 0.1) is 12.7 Å². The van der Waals surface area contributed by atoms with Crippen LogP contribution in [-0.4, -0.2) is 11.6 Å². The lowest BCUT2D eigenvalue weighted by Gasteiger charge is -2.33. The van der Waals surface area contributed by atoms with Crippen molar-refractivity contribution in [2.75, 3.05) is 0 Å². The average molecular weight is 250 g/mol. The molecule has 0 heterocycles. The highest BCUT2D eigenvalue weighted by atomic mass is 19.1. The predicted octanol–water partition coefficient (Wildman–Crippen LogP) is 4.01. The lowest BCUT2D eigenvalue weighted by molar-refractivity contribution is -0.0273. The van der Waals surface area contributed by atoms with Gasteiger partial charge in [-0.05, 0) is 57.2 Å². The summed E-state index contributed by atoms with van der Waals surface area (Å²) < 4.78 is 19.2. The van der Waals surface area contributed by atoms with E-state index in [0.717, 1.165) is 31.2 Å². The molecule has 0 bridgehead atoms. The van der Waals surface area contributed by atoms with E-state index in [-0.39, 0.29) is 5.56 Å². The molecule has 1 aromatic rings. The van der Waals surface area contributed by atoms with Gasteiger partial charge in [-0.3, -0.25) is 0 Å². The monoisotopic (exact) mass is 250 g/mol.